The number of carboxylic acids is 1. The summed E-state index contributed by atoms with van der Waals surface area (Å²) in [4.78, 5) is 34.9. The molecule has 0 bridgehead atoms. The van der Waals surface area contributed by atoms with E-state index < -0.39 is 24.1 Å². The first-order chi connectivity index (χ1) is 15.3. The fourth-order valence-corrected chi connectivity index (χ4v) is 3.12. The predicted molar refractivity (Wildman–Crippen MR) is 113 cm³/mol. The highest BCUT2D eigenvalue weighted by Gasteiger charge is 2.50. The summed E-state index contributed by atoms with van der Waals surface area (Å²) in [7, 11) is 1.51. The van der Waals surface area contributed by atoms with Gasteiger partial charge in [0.05, 0.1) is 13.5 Å². The molecular weight excluding hydrogens is 419 g/mol. The van der Waals surface area contributed by atoms with Crippen LogP contribution in [0.15, 0.2) is 42.5 Å². The standard InChI is InChI=1S/C23H25FN2O6/c1-31-18-6-7-19(16(12-18)13-24)32-17-4-2-15(3-5-17)14-25-22(30)23(10-11-23)26-20(27)8-9-21(28)29/h2-7,12H,8-11,13-14H2,1H3,(H,25,30)(H,26,27)(H,28,29). The topological polar surface area (TPSA) is 114 Å². The zero-order valence-electron chi connectivity index (χ0n) is 17.7. The summed E-state index contributed by atoms with van der Waals surface area (Å²) in [5.41, 5.74) is 0.246. The van der Waals surface area contributed by atoms with Gasteiger partial charge in [-0.05, 0) is 48.7 Å². The van der Waals surface area contributed by atoms with Crippen molar-refractivity contribution in [3.05, 3.63) is 53.6 Å². The van der Waals surface area contributed by atoms with Gasteiger partial charge >= 0.3 is 5.97 Å². The summed E-state index contributed by atoms with van der Waals surface area (Å²) in [6.45, 7) is -0.435. The SMILES string of the molecule is COc1ccc(Oc2ccc(CNC(=O)C3(NC(=O)CCC(=O)O)CC3)cc2)c(CF)c1. The van der Waals surface area contributed by atoms with Gasteiger partial charge in [-0.1, -0.05) is 12.1 Å². The minimum Gasteiger partial charge on any atom is -0.497 e. The number of halogens is 1. The zero-order chi connectivity index (χ0) is 23.1. The molecule has 9 heteroatoms. The van der Waals surface area contributed by atoms with Gasteiger partial charge in [0.25, 0.3) is 0 Å². The molecule has 0 heterocycles. The Morgan fingerprint density at radius 3 is 2.34 bits per heavy atom. The molecule has 1 aliphatic carbocycles. The van der Waals surface area contributed by atoms with Gasteiger partial charge in [0.15, 0.2) is 0 Å². The maximum Gasteiger partial charge on any atom is 0.303 e. The molecule has 1 aliphatic rings. The third-order valence-electron chi connectivity index (χ3n) is 5.15. The molecule has 0 spiro atoms. The average Bonchev–Trinajstić information content (AvgIpc) is 3.57. The average molecular weight is 444 g/mol. The molecular formula is C23H25FN2O6. The zero-order valence-corrected chi connectivity index (χ0v) is 17.7. The van der Waals surface area contributed by atoms with E-state index in [1.54, 1.807) is 42.5 Å². The maximum absolute atomic E-state index is 13.3. The van der Waals surface area contributed by atoms with Crippen LogP contribution in [0.4, 0.5) is 4.39 Å². The van der Waals surface area contributed by atoms with Crippen molar-refractivity contribution in [2.24, 2.45) is 0 Å². The molecule has 0 aliphatic heterocycles. The molecule has 0 unspecified atom stereocenters. The Balaban J connectivity index is 1.52. The number of carboxylic acid groups (broad SMARTS) is 1. The number of alkyl halides is 1. The van der Waals surface area contributed by atoms with Crippen molar-refractivity contribution in [2.75, 3.05) is 7.11 Å². The smallest absolute Gasteiger partial charge is 0.303 e. The number of amides is 2. The van der Waals surface area contributed by atoms with Crippen LogP contribution in [0.1, 0.15) is 36.8 Å². The summed E-state index contributed by atoms with van der Waals surface area (Å²) in [5, 5.41) is 14.1. The van der Waals surface area contributed by atoms with Gasteiger partial charge in [0.2, 0.25) is 11.8 Å². The number of carbonyl (C=O) groups excluding carboxylic acids is 2. The van der Waals surface area contributed by atoms with Gasteiger partial charge in [-0.25, -0.2) is 4.39 Å². The van der Waals surface area contributed by atoms with E-state index in [1.807, 2.05) is 0 Å². The van der Waals surface area contributed by atoms with Gasteiger partial charge < -0.3 is 25.2 Å². The van der Waals surface area contributed by atoms with Crippen LogP contribution in [-0.4, -0.2) is 35.5 Å². The van der Waals surface area contributed by atoms with Crippen LogP contribution in [-0.2, 0) is 27.6 Å². The highest BCUT2D eigenvalue weighted by molar-refractivity contribution is 5.94. The van der Waals surface area contributed by atoms with Gasteiger partial charge in [0.1, 0.15) is 29.5 Å². The first-order valence-corrected chi connectivity index (χ1v) is 10.2. The van der Waals surface area contributed by atoms with Crippen LogP contribution in [0, 0.1) is 0 Å². The Morgan fingerprint density at radius 1 is 1.06 bits per heavy atom. The van der Waals surface area contributed by atoms with Crippen LogP contribution < -0.4 is 20.1 Å². The van der Waals surface area contributed by atoms with Gasteiger partial charge in [0, 0.05) is 18.5 Å². The molecule has 0 saturated heterocycles. The summed E-state index contributed by atoms with van der Waals surface area (Å²) in [6.07, 6.45) is 0.595. The Bertz CT molecular complexity index is 988. The molecule has 3 rings (SSSR count). The quantitative estimate of drug-likeness (QED) is 0.491. The van der Waals surface area contributed by atoms with E-state index >= 15 is 0 Å². The van der Waals surface area contributed by atoms with E-state index in [4.69, 9.17) is 14.6 Å². The van der Waals surface area contributed by atoms with E-state index in [9.17, 15) is 18.8 Å². The molecule has 2 aromatic carbocycles. The van der Waals surface area contributed by atoms with Crippen LogP contribution >= 0.6 is 0 Å². The van der Waals surface area contributed by atoms with Crippen molar-refractivity contribution in [3.63, 3.8) is 0 Å². The van der Waals surface area contributed by atoms with Gasteiger partial charge in [-0.2, -0.15) is 0 Å². The molecule has 2 amide bonds. The fraction of sp³-hybridized carbons (Fsp3) is 0.348. The highest BCUT2D eigenvalue weighted by Crippen LogP contribution is 2.36. The summed E-state index contributed by atoms with van der Waals surface area (Å²) < 4.78 is 24.1. The van der Waals surface area contributed by atoms with Crippen molar-refractivity contribution < 1.29 is 33.4 Å². The molecule has 1 saturated carbocycles. The summed E-state index contributed by atoms with van der Waals surface area (Å²) in [6, 6.07) is 11.9. The molecule has 32 heavy (non-hydrogen) atoms. The normalized spacial score (nSPS) is 13.7. The molecule has 0 radical (unpaired) electrons. The number of ether oxygens (including phenoxy) is 2. The van der Waals surface area contributed by atoms with Crippen molar-refractivity contribution in [3.8, 4) is 17.2 Å². The van der Waals surface area contributed by atoms with Crippen LogP contribution in [0.25, 0.3) is 0 Å². The highest BCUT2D eigenvalue weighted by atomic mass is 19.1. The number of hydrogen-bond acceptors (Lipinski definition) is 5. The van der Waals surface area contributed by atoms with E-state index in [1.165, 1.54) is 7.11 Å². The Labute approximate surface area is 184 Å². The molecule has 3 N–H and O–H groups in total. The first kappa shape index (κ1) is 23.1. The lowest BCUT2D eigenvalue weighted by atomic mass is 10.1. The number of benzene rings is 2. The minimum atomic E-state index is -1.06. The second-order valence-corrected chi connectivity index (χ2v) is 7.56. The second-order valence-electron chi connectivity index (χ2n) is 7.56. The molecule has 8 nitrogen and oxygen atoms in total. The second kappa shape index (κ2) is 10.1. The largest absolute Gasteiger partial charge is 0.497 e. The van der Waals surface area contributed by atoms with Crippen LogP contribution in [0.5, 0.6) is 17.2 Å². The Morgan fingerprint density at radius 2 is 1.75 bits per heavy atom. The van der Waals surface area contributed by atoms with E-state index in [2.05, 4.69) is 10.6 Å². The lowest BCUT2D eigenvalue weighted by Gasteiger charge is -2.17. The Hall–Kier alpha value is -3.62. The van der Waals surface area contributed by atoms with Crippen molar-refractivity contribution in [1.29, 1.82) is 0 Å². The van der Waals surface area contributed by atoms with Gasteiger partial charge in [-0.3, -0.25) is 14.4 Å². The van der Waals surface area contributed by atoms with Gasteiger partial charge in [-0.15, -0.1) is 0 Å². The summed E-state index contributed by atoms with van der Waals surface area (Å²) >= 11 is 0. The Kier molecular flexibility index (Phi) is 7.29. The maximum atomic E-state index is 13.3. The van der Waals surface area contributed by atoms with Crippen LogP contribution in [0.2, 0.25) is 0 Å². The number of methoxy groups -OCH3 is 1. The first-order valence-electron chi connectivity index (χ1n) is 10.2. The van der Waals surface area contributed by atoms with Crippen molar-refractivity contribution in [2.45, 2.75) is 44.4 Å². The number of carbonyl (C=O) groups is 3. The van der Waals surface area contributed by atoms with Crippen molar-refractivity contribution in [1.82, 2.24) is 10.6 Å². The van der Waals surface area contributed by atoms with E-state index in [0.29, 0.717) is 35.7 Å². The number of nitrogens with one attached hydrogen (secondary N) is 2. The molecule has 170 valence electrons. The number of rotatable bonds is 11. The predicted octanol–water partition coefficient (Wildman–Crippen LogP) is 3.09. The lowest BCUT2D eigenvalue weighted by Crippen LogP contribution is -2.48. The van der Waals surface area contributed by atoms with E-state index in [0.717, 1.165) is 5.56 Å². The summed E-state index contributed by atoms with van der Waals surface area (Å²) in [5.74, 6) is -0.356. The van der Waals surface area contributed by atoms with Crippen molar-refractivity contribution >= 4 is 17.8 Å². The molecule has 0 aromatic heterocycles. The number of aliphatic carboxylic acids is 1. The fourth-order valence-electron chi connectivity index (χ4n) is 3.12. The minimum absolute atomic E-state index is 0.163. The lowest BCUT2D eigenvalue weighted by molar-refractivity contribution is -0.139. The van der Waals surface area contributed by atoms with Crippen LogP contribution in [0.3, 0.4) is 0 Å². The monoisotopic (exact) mass is 444 g/mol. The molecule has 1 fully saturated rings. The third-order valence-corrected chi connectivity index (χ3v) is 5.15. The molecule has 0 atom stereocenters. The third kappa shape index (κ3) is 5.96. The number of hydrogen-bond donors (Lipinski definition) is 3. The van der Waals surface area contributed by atoms with E-state index in [-0.39, 0.29) is 25.3 Å². The molecule has 2 aromatic rings.